The van der Waals surface area contributed by atoms with Gasteiger partial charge in [-0.3, -0.25) is 9.69 Å². The highest BCUT2D eigenvalue weighted by Gasteiger charge is 2.21. The van der Waals surface area contributed by atoms with Crippen molar-refractivity contribution in [1.29, 1.82) is 0 Å². The number of nitrogens with zero attached hydrogens (tertiary/aromatic N) is 2. The molecule has 138 valence electrons. The number of nitrogens with one attached hydrogen (secondary N) is 1. The molecule has 1 N–H and O–H groups in total. The molecule has 7 heteroatoms. The van der Waals surface area contributed by atoms with Crippen molar-refractivity contribution in [1.82, 2.24) is 14.9 Å². The Labute approximate surface area is 151 Å². The van der Waals surface area contributed by atoms with Crippen molar-refractivity contribution >= 4 is 0 Å². The number of rotatable bonds is 5. The molecule has 1 saturated heterocycles. The lowest BCUT2D eigenvalue weighted by Gasteiger charge is -2.33. The molecule has 0 radical (unpaired) electrons. The second-order valence-corrected chi connectivity index (χ2v) is 6.65. The summed E-state index contributed by atoms with van der Waals surface area (Å²) in [5.41, 5.74) is 1.91. The third kappa shape index (κ3) is 4.23. The van der Waals surface area contributed by atoms with Crippen molar-refractivity contribution in [3.8, 4) is 11.5 Å². The molecule has 0 spiro atoms. The van der Waals surface area contributed by atoms with Crippen molar-refractivity contribution in [2.45, 2.75) is 25.5 Å². The van der Waals surface area contributed by atoms with E-state index in [1.807, 2.05) is 6.07 Å². The van der Waals surface area contributed by atoms with Gasteiger partial charge in [0.1, 0.15) is 13.2 Å². The quantitative estimate of drug-likeness (QED) is 0.871. The van der Waals surface area contributed by atoms with Gasteiger partial charge >= 0.3 is 0 Å². The maximum absolute atomic E-state index is 11.3. The van der Waals surface area contributed by atoms with Crippen molar-refractivity contribution in [3.05, 3.63) is 52.2 Å². The number of hydrogen-bond acceptors (Lipinski definition) is 6. The Morgan fingerprint density at radius 1 is 1.15 bits per heavy atom. The van der Waals surface area contributed by atoms with E-state index in [0.29, 0.717) is 13.2 Å². The second-order valence-electron chi connectivity index (χ2n) is 6.65. The molecule has 1 aromatic carbocycles. The van der Waals surface area contributed by atoms with Crippen LogP contribution in [0.3, 0.4) is 0 Å². The van der Waals surface area contributed by atoms with Crippen LogP contribution < -0.4 is 15.0 Å². The first-order chi connectivity index (χ1) is 12.8. The largest absolute Gasteiger partial charge is 0.486 e. The third-order valence-corrected chi connectivity index (χ3v) is 4.69. The van der Waals surface area contributed by atoms with Crippen molar-refractivity contribution in [2.24, 2.45) is 0 Å². The number of aryl methyl sites for hydroxylation is 1. The minimum atomic E-state index is -0.111. The first-order valence-electron chi connectivity index (χ1n) is 9.02. The lowest BCUT2D eigenvalue weighted by molar-refractivity contribution is -0.0347. The van der Waals surface area contributed by atoms with Gasteiger partial charge in [-0.05, 0) is 30.5 Å². The zero-order valence-corrected chi connectivity index (χ0v) is 14.6. The van der Waals surface area contributed by atoms with Crippen LogP contribution in [0, 0.1) is 0 Å². The van der Waals surface area contributed by atoms with E-state index in [1.54, 1.807) is 6.07 Å². The van der Waals surface area contributed by atoms with Gasteiger partial charge in [0.25, 0.3) is 5.56 Å². The summed E-state index contributed by atoms with van der Waals surface area (Å²) in [7, 11) is 0. The molecular formula is C19H23N3O4. The molecule has 26 heavy (non-hydrogen) atoms. The fourth-order valence-electron chi connectivity index (χ4n) is 3.40. The van der Waals surface area contributed by atoms with E-state index in [1.165, 1.54) is 11.9 Å². The highest BCUT2D eigenvalue weighted by molar-refractivity contribution is 5.43. The predicted octanol–water partition coefficient (Wildman–Crippen LogP) is 1.37. The summed E-state index contributed by atoms with van der Waals surface area (Å²) in [6.07, 6.45) is 3.20. The number of H-pyrrole nitrogens is 1. The highest BCUT2D eigenvalue weighted by atomic mass is 16.6. The standard InChI is InChI=1S/C19H23N3O4/c23-19-10-15(20-13-21-19)2-3-16-12-22(5-6-24-16)11-14-1-4-17-18(9-14)26-8-7-25-17/h1,4,9-10,13,16H,2-3,5-8,11-12H2,(H,20,21,23)/t16-/m0/s1. The van der Waals surface area contributed by atoms with E-state index in [9.17, 15) is 4.79 Å². The van der Waals surface area contributed by atoms with Gasteiger partial charge in [0, 0.05) is 31.4 Å². The van der Waals surface area contributed by atoms with Gasteiger partial charge in [-0.1, -0.05) is 6.07 Å². The molecule has 2 aromatic rings. The van der Waals surface area contributed by atoms with Gasteiger partial charge in [0.05, 0.1) is 19.0 Å². The van der Waals surface area contributed by atoms with Gasteiger partial charge in [-0.25, -0.2) is 4.98 Å². The molecule has 0 unspecified atom stereocenters. The molecule has 0 saturated carbocycles. The number of fused-ring (bicyclic) bond motifs is 1. The van der Waals surface area contributed by atoms with E-state index in [4.69, 9.17) is 14.2 Å². The highest BCUT2D eigenvalue weighted by Crippen LogP contribution is 2.31. The fraction of sp³-hybridized carbons (Fsp3) is 0.474. The minimum absolute atomic E-state index is 0.111. The first-order valence-corrected chi connectivity index (χ1v) is 9.02. The van der Waals surface area contributed by atoms with Crippen molar-refractivity contribution < 1.29 is 14.2 Å². The van der Waals surface area contributed by atoms with E-state index >= 15 is 0 Å². The second kappa shape index (κ2) is 7.88. The fourth-order valence-corrected chi connectivity index (χ4v) is 3.40. The van der Waals surface area contributed by atoms with Crippen LogP contribution in [0.2, 0.25) is 0 Å². The average molecular weight is 357 g/mol. The molecule has 4 rings (SSSR count). The minimum Gasteiger partial charge on any atom is -0.486 e. The van der Waals surface area contributed by atoms with Gasteiger partial charge in [-0.15, -0.1) is 0 Å². The Kier molecular flexibility index (Phi) is 5.17. The molecule has 0 amide bonds. The molecule has 0 bridgehead atoms. The molecular weight excluding hydrogens is 334 g/mol. The van der Waals surface area contributed by atoms with Gasteiger partial charge in [0.2, 0.25) is 0 Å². The summed E-state index contributed by atoms with van der Waals surface area (Å²) in [5.74, 6) is 1.66. The summed E-state index contributed by atoms with van der Waals surface area (Å²) in [5, 5.41) is 0. The zero-order valence-electron chi connectivity index (χ0n) is 14.6. The summed E-state index contributed by atoms with van der Waals surface area (Å²) in [6.45, 7) is 4.58. The van der Waals surface area contributed by atoms with E-state index < -0.39 is 0 Å². The molecule has 1 fully saturated rings. The molecule has 1 aromatic heterocycles. The predicted molar refractivity (Wildman–Crippen MR) is 95.6 cm³/mol. The first kappa shape index (κ1) is 17.1. The molecule has 0 aliphatic carbocycles. The van der Waals surface area contributed by atoms with E-state index in [2.05, 4.69) is 27.0 Å². The van der Waals surface area contributed by atoms with Gasteiger partial charge in [0.15, 0.2) is 11.5 Å². The van der Waals surface area contributed by atoms with Crippen LogP contribution in [0.1, 0.15) is 17.7 Å². The number of morpholine rings is 1. The topological polar surface area (TPSA) is 76.7 Å². The van der Waals surface area contributed by atoms with Crippen molar-refractivity contribution in [3.63, 3.8) is 0 Å². The molecule has 2 aliphatic rings. The van der Waals surface area contributed by atoms with Crippen LogP contribution in [-0.4, -0.2) is 53.9 Å². The Balaban J connectivity index is 1.32. The van der Waals surface area contributed by atoms with Crippen LogP contribution in [0.15, 0.2) is 35.4 Å². The number of aromatic amines is 1. The SMILES string of the molecule is O=c1cc(CC[C@H]2CN(Cc3ccc4c(c3)OCCO4)CCO2)nc[nH]1. The van der Waals surface area contributed by atoms with Crippen LogP contribution in [0.25, 0.3) is 0 Å². The molecule has 1 atom stereocenters. The van der Waals surface area contributed by atoms with Crippen LogP contribution in [0.5, 0.6) is 11.5 Å². The Hall–Kier alpha value is -2.38. The monoisotopic (exact) mass is 357 g/mol. The normalized spacial score (nSPS) is 20.1. The number of hydrogen-bond donors (Lipinski definition) is 1. The summed E-state index contributed by atoms with van der Waals surface area (Å²) >= 11 is 0. The maximum atomic E-state index is 11.3. The Morgan fingerprint density at radius 3 is 2.92 bits per heavy atom. The molecule has 3 heterocycles. The average Bonchev–Trinajstić information content (AvgIpc) is 2.67. The number of aromatic nitrogens is 2. The lowest BCUT2D eigenvalue weighted by atomic mass is 10.1. The van der Waals surface area contributed by atoms with Crippen molar-refractivity contribution in [2.75, 3.05) is 32.9 Å². The third-order valence-electron chi connectivity index (χ3n) is 4.69. The smallest absolute Gasteiger partial charge is 0.250 e. The zero-order chi connectivity index (χ0) is 17.8. The van der Waals surface area contributed by atoms with E-state index in [0.717, 1.165) is 56.3 Å². The van der Waals surface area contributed by atoms with Crippen LogP contribution in [-0.2, 0) is 17.7 Å². The Bertz CT molecular complexity index is 807. The summed E-state index contributed by atoms with van der Waals surface area (Å²) in [6, 6.07) is 7.70. The Morgan fingerprint density at radius 2 is 2.04 bits per heavy atom. The molecule has 2 aliphatic heterocycles. The number of benzene rings is 1. The lowest BCUT2D eigenvalue weighted by Crippen LogP contribution is -2.42. The van der Waals surface area contributed by atoms with E-state index in [-0.39, 0.29) is 11.7 Å². The van der Waals surface area contributed by atoms with Crippen LogP contribution in [0.4, 0.5) is 0 Å². The molecule has 7 nitrogen and oxygen atoms in total. The summed E-state index contributed by atoms with van der Waals surface area (Å²) < 4.78 is 17.1. The summed E-state index contributed by atoms with van der Waals surface area (Å²) in [4.78, 5) is 20.5. The number of ether oxygens (including phenoxy) is 3. The van der Waals surface area contributed by atoms with Gasteiger partial charge < -0.3 is 19.2 Å². The van der Waals surface area contributed by atoms with Crippen LogP contribution >= 0.6 is 0 Å². The maximum Gasteiger partial charge on any atom is 0.250 e. The van der Waals surface area contributed by atoms with Gasteiger partial charge in [-0.2, -0.15) is 0 Å².